The molecule has 3 aromatic carbocycles. The molecule has 0 heterocycles. The first-order valence-corrected chi connectivity index (χ1v) is 9.91. The van der Waals surface area contributed by atoms with E-state index in [1.54, 1.807) is 0 Å². The van der Waals surface area contributed by atoms with E-state index >= 15 is 0 Å². The summed E-state index contributed by atoms with van der Waals surface area (Å²) in [5.74, 6) is -5.98. The third-order valence-corrected chi connectivity index (χ3v) is 3.78. The van der Waals surface area contributed by atoms with Crippen LogP contribution >= 0.6 is 0 Å². The Labute approximate surface area is 196 Å². The number of benzene rings is 3. The van der Waals surface area contributed by atoms with Gasteiger partial charge in [0, 0.05) is 24.8 Å². The highest BCUT2D eigenvalue weighted by molar-refractivity contribution is 5.86. The molecule has 0 bridgehead atoms. The highest BCUT2D eigenvalue weighted by Gasteiger charge is 2.29. The van der Waals surface area contributed by atoms with Gasteiger partial charge in [-0.25, -0.2) is 0 Å². The minimum Gasteiger partial charge on any atom is -0.550 e. The minimum atomic E-state index is -2.97. The van der Waals surface area contributed by atoms with Crippen LogP contribution in [0.2, 0.25) is 0 Å². The van der Waals surface area contributed by atoms with Gasteiger partial charge in [-0.3, -0.25) is 0 Å². The summed E-state index contributed by atoms with van der Waals surface area (Å²) in [6.07, 6.45) is -2.72. The lowest BCUT2D eigenvalue weighted by Gasteiger charge is -2.29. The molecule has 0 spiro atoms. The van der Waals surface area contributed by atoms with E-state index < -0.39 is 36.4 Å². The second-order valence-electron chi connectivity index (χ2n) is 6.87. The first-order valence-electron chi connectivity index (χ1n) is 9.91. The van der Waals surface area contributed by atoms with E-state index in [1.165, 1.54) is 0 Å². The Morgan fingerprint density at radius 1 is 0.588 bits per heavy atom. The molecule has 10 N–H and O–H groups in total. The van der Waals surface area contributed by atoms with E-state index in [0.29, 0.717) is 0 Å². The molecule has 0 amide bonds. The standard InChI is InChI=1S/3C6H7N.C6H8O7/c3*7-6-4-2-1-3-5-6;7-3(8)1-6(13,5(11)12)2-4(9)10/h3*1-5H,7H2;13H,1-2H2,(H,7,8)(H,9,10)(H,11,12). The molecule has 10 heteroatoms. The van der Waals surface area contributed by atoms with Crippen molar-refractivity contribution < 1.29 is 52.0 Å². The number of rotatable bonds is 5. The maximum atomic E-state index is 10.1. The number of hydrogen-bond donors (Lipinski definition) is 4. The van der Waals surface area contributed by atoms with Gasteiger partial charge in [-0.15, -0.1) is 0 Å². The van der Waals surface area contributed by atoms with Crippen molar-refractivity contribution in [2.75, 3.05) is 0 Å². The number of hydrogen-bond acceptors (Lipinski definition) is 7. The van der Waals surface area contributed by atoms with Gasteiger partial charge in [0.2, 0.25) is 0 Å². The minimum absolute atomic E-state index is 1.07. The van der Waals surface area contributed by atoms with E-state index in [0.717, 1.165) is 17.1 Å². The maximum absolute atomic E-state index is 10.1. The van der Waals surface area contributed by atoms with Gasteiger partial charge < -0.3 is 52.0 Å². The third-order valence-electron chi connectivity index (χ3n) is 3.78. The Hall–Kier alpha value is -4.09. The number of carbonyl (C=O) groups is 3. The van der Waals surface area contributed by atoms with Gasteiger partial charge in [0.05, 0.1) is 5.97 Å². The summed E-state index contributed by atoms with van der Waals surface area (Å²) in [4.78, 5) is 30.0. The number of carboxylic acids is 3. The molecule has 182 valence electrons. The van der Waals surface area contributed by atoms with Crippen LogP contribution in [0.25, 0.3) is 0 Å². The first-order chi connectivity index (χ1) is 16.0. The van der Waals surface area contributed by atoms with Crippen molar-refractivity contribution in [3.8, 4) is 0 Å². The van der Waals surface area contributed by atoms with E-state index in [1.807, 2.05) is 91.0 Å². The van der Waals surface area contributed by atoms with E-state index in [9.17, 15) is 29.7 Å². The quantitative estimate of drug-likeness (QED) is 0.292. The molecule has 0 atom stereocenters. The second kappa shape index (κ2) is 16.5. The van der Waals surface area contributed by atoms with Crippen LogP contribution in [-0.4, -0.2) is 28.6 Å². The molecule has 34 heavy (non-hydrogen) atoms. The zero-order valence-electron chi connectivity index (χ0n) is 18.6. The van der Waals surface area contributed by atoms with Crippen LogP contribution in [0.3, 0.4) is 0 Å². The van der Waals surface area contributed by atoms with Gasteiger partial charge in [-0.1, -0.05) is 54.6 Å². The van der Waals surface area contributed by atoms with E-state index in [4.69, 9.17) is 5.11 Å². The lowest BCUT2D eigenvalue weighted by atomic mass is 9.96. The van der Waals surface area contributed by atoms with Crippen molar-refractivity contribution in [3.05, 3.63) is 91.0 Å². The number of aliphatic hydroxyl groups is 1. The van der Waals surface area contributed by atoms with Crippen molar-refractivity contribution in [1.82, 2.24) is 0 Å². The van der Waals surface area contributed by atoms with Crippen LogP contribution in [0.5, 0.6) is 0 Å². The number of aliphatic carboxylic acids is 3. The molecule has 0 aliphatic heterocycles. The molecule has 0 aliphatic rings. The summed E-state index contributed by atoms with van der Waals surface area (Å²) in [7, 11) is 0. The summed E-state index contributed by atoms with van der Waals surface area (Å²) in [5, 5.41) is 38.9. The fourth-order valence-corrected chi connectivity index (χ4v) is 2.12. The van der Waals surface area contributed by atoms with Crippen molar-refractivity contribution >= 4 is 35.0 Å². The molecule has 3 rings (SSSR count). The highest BCUT2D eigenvalue weighted by atomic mass is 16.4. The molecular formula is C24H29N3O7. The summed E-state index contributed by atoms with van der Waals surface area (Å²) in [6.45, 7) is 0. The predicted octanol–water partition coefficient (Wildman–Crippen LogP) is -3.57. The topological polar surface area (TPSA) is 224 Å². The second-order valence-corrected chi connectivity index (χ2v) is 6.87. The van der Waals surface area contributed by atoms with Crippen LogP contribution < -0.4 is 32.5 Å². The molecule has 0 saturated heterocycles. The van der Waals surface area contributed by atoms with Crippen molar-refractivity contribution in [2.24, 2.45) is 0 Å². The smallest absolute Gasteiger partial charge is 0.127 e. The zero-order valence-corrected chi connectivity index (χ0v) is 18.6. The molecule has 0 radical (unpaired) electrons. The van der Waals surface area contributed by atoms with Gasteiger partial charge in [-0.2, -0.15) is 0 Å². The Kier molecular flexibility index (Phi) is 14.5. The molecule has 0 aromatic heterocycles. The van der Waals surface area contributed by atoms with Gasteiger partial charge in [0.15, 0.2) is 0 Å². The van der Waals surface area contributed by atoms with Crippen molar-refractivity contribution in [2.45, 2.75) is 18.4 Å². The fourth-order valence-electron chi connectivity index (χ4n) is 2.12. The highest BCUT2D eigenvalue weighted by Crippen LogP contribution is 2.13. The van der Waals surface area contributed by atoms with E-state index in [-0.39, 0.29) is 0 Å². The van der Waals surface area contributed by atoms with Crippen molar-refractivity contribution in [1.29, 1.82) is 0 Å². The Bertz CT molecular complexity index is 880. The zero-order chi connectivity index (χ0) is 26.0. The van der Waals surface area contributed by atoms with Gasteiger partial charge in [-0.05, 0) is 36.4 Å². The van der Waals surface area contributed by atoms with Gasteiger partial charge >= 0.3 is 0 Å². The van der Waals surface area contributed by atoms with Gasteiger partial charge in [0.1, 0.15) is 22.7 Å². The molecule has 0 saturated carbocycles. The van der Waals surface area contributed by atoms with Gasteiger partial charge in [0.25, 0.3) is 0 Å². The average molecular weight is 472 g/mol. The number of carboxylic acid groups (broad SMARTS) is 3. The van der Waals surface area contributed by atoms with Crippen molar-refractivity contribution in [3.63, 3.8) is 0 Å². The summed E-state index contributed by atoms with van der Waals surface area (Å²) in [6, 6.07) is 29.6. The van der Waals surface area contributed by atoms with Crippen LogP contribution in [-0.2, 0) is 14.4 Å². The van der Waals surface area contributed by atoms with Crippen LogP contribution in [0.15, 0.2) is 91.0 Å². The number of quaternary nitrogens is 3. The molecule has 0 aliphatic carbocycles. The predicted molar refractivity (Wildman–Crippen MR) is 116 cm³/mol. The summed E-state index contributed by atoms with van der Waals surface area (Å²) in [5.41, 5.74) is 11.4. The lowest BCUT2D eigenvalue weighted by molar-refractivity contribution is -0.339. The third kappa shape index (κ3) is 15.7. The lowest BCUT2D eigenvalue weighted by Crippen LogP contribution is -2.54. The summed E-state index contributed by atoms with van der Waals surface area (Å²) >= 11 is 0. The fraction of sp³-hybridized carbons (Fsp3) is 0.125. The number of carbonyl (C=O) groups excluding carboxylic acids is 3. The van der Waals surface area contributed by atoms with Crippen LogP contribution in [0, 0.1) is 0 Å². The largest absolute Gasteiger partial charge is 0.550 e. The Balaban J connectivity index is 0.000000445. The SMILES string of the molecule is O=C([O-])CC(O)(CC(=O)[O-])C(=O)[O-].[NH3+]c1ccccc1.[NH3+]c1ccccc1.[NH3+]c1ccccc1. The Morgan fingerprint density at radius 2 is 0.824 bits per heavy atom. The monoisotopic (exact) mass is 471 g/mol. The van der Waals surface area contributed by atoms with E-state index in [2.05, 4.69) is 17.2 Å². The molecule has 10 nitrogen and oxygen atoms in total. The average Bonchev–Trinajstić information content (AvgIpc) is 2.75. The molecule has 3 aromatic rings. The first kappa shape index (κ1) is 29.9. The molecular weight excluding hydrogens is 442 g/mol. The Morgan fingerprint density at radius 3 is 0.941 bits per heavy atom. The molecule has 0 unspecified atom stereocenters. The normalized spacial score (nSPS) is 9.53. The molecule has 0 fully saturated rings. The van der Waals surface area contributed by atoms with Crippen LogP contribution in [0.4, 0.5) is 17.1 Å². The summed E-state index contributed by atoms with van der Waals surface area (Å²) < 4.78 is 0. The maximum Gasteiger partial charge on any atom is 0.127 e. The van der Waals surface area contributed by atoms with Crippen LogP contribution in [0.1, 0.15) is 12.8 Å².